The van der Waals surface area contributed by atoms with E-state index in [1.807, 2.05) is 24.3 Å². The highest BCUT2D eigenvalue weighted by Crippen LogP contribution is 2.44. The minimum absolute atomic E-state index is 0. The first kappa shape index (κ1) is 38.4. The van der Waals surface area contributed by atoms with Crippen molar-refractivity contribution in [3.63, 3.8) is 0 Å². The molecule has 0 bridgehead atoms. The fourth-order valence-electron chi connectivity index (χ4n) is 5.77. The summed E-state index contributed by atoms with van der Waals surface area (Å²) >= 11 is 0. The molecule has 0 aromatic heterocycles. The van der Waals surface area contributed by atoms with Gasteiger partial charge in [-0.05, 0) is 74.7 Å². The Morgan fingerprint density at radius 3 is 1.84 bits per heavy atom. The summed E-state index contributed by atoms with van der Waals surface area (Å²) in [5.41, 5.74) is 1.61. The van der Waals surface area contributed by atoms with E-state index in [9.17, 15) is 5.26 Å². The third-order valence-corrected chi connectivity index (χ3v) is 8.45. The smallest absolute Gasteiger partial charge is 0.203 e. The minimum atomic E-state index is -0.610. The van der Waals surface area contributed by atoms with E-state index >= 15 is 0 Å². The molecule has 0 radical (unpaired) electrons. The molecule has 0 aliphatic rings. The summed E-state index contributed by atoms with van der Waals surface area (Å²) in [5.74, 6) is 2.66. The van der Waals surface area contributed by atoms with Gasteiger partial charge in [-0.2, -0.15) is 5.26 Å². The van der Waals surface area contributed by atoms with Crippen LogP contribution in [0.5, 0.6) is 23.0 Å². The number of benzene rings is 2. The number of unbranched alkanes of at least 4 members (excludes halogenated alkanes) is 9. The lowest BCUT2D eigenvalue weighted by Crippen LogP contribution is -2.28. The molecule has 2 aromatic rings. The quantitative estimate of drug-likeness (QED) is 0.116. The SMILES string of the molecule is CCCCCCCCCCCC[C@](C#N)(CCCN(C)CCc1cccc(OC)c1)c1cc(OC)c(OC)c(OC)c1.Cl. The number of ether oxygens (including phenoxy) is 4. The maximum Gasteiger partial charge on any atom is 0.203 e. The molecule has 0 N–H and O–H groups in total. The Balaban J connectivity index is 0.00000924. The number of methoxy groups -OCH3 is 4. The van der Waals surface area contributed by atoms with E-state index in [4.69, 9.17) is 18.9 Å². The molecule has 242 valence electrons. The van der Waals surface area contributed by atoms with E-state index in [0.717, 1.165) is 62.9 Å². The molecule has 7 heteroatoms. The van der Waals surface area contributed by atoms with Crippen LogP contribution in [0.1, 0.15) is 102 Å². The maximum atomic E-state index is 10.7. The predicted molar refractivity (Wildman–Crippen MR) is 181 cm³/mol. The zero-order valence-electron chi connectivity index (χ0n) is 27.7. The summed E-state index contributed by atoms with van der Waals surface area (Å²) in [6.45, 7) is 4.15. The Hall–Kier alpha value is -2.62. The third kappa shape index (κ3) is 12.9. The Morgan fingerprint density at radius 1 is 0.721 bits per heavy atom. The second kappa shape index (κ2) is 22.0. The Morgan fingerprint density at radius 2 is 1.30 bits per heavy atom. The first-order valence-corrected chi connectivity index (χ1v) is 16.0. The van der Waals surface area contributed by atoms with Crippen LogP contribution in [0.4, 0.5) is 0 Å². The van der Waals surface area contributed by atoms with Crippen LogP contribution in [0.2, 0.25) is 0 Å². The van der Waals surface area contributed by atoms with E-state index in [0.29, 0.717) is 17.2 Å². The second-order valence-corrected chi connectivity index (χ2v) is 11.5. The number of rotatable bonds is 23. The molecule has 0 amide bonds. The maximum absolute atomic E-state index is 10.7. The molecule has 1 atom stereocenters. The van der Waals surface area contributed by atoms with Gasteiger partial charge in [0.05, 0.1) is 39.9 Å². The highest BCUT2D eigenvalue weighted by molar-refractivity contribution is 5.85. The van der Waals surface area contributed by atoms with Crippen molar-refractivity contribution in [1.29, 1.82) is 5.26 Å². The van der Waals surface area contributed by atoms with Crippen LogP contribution >= 0.6 is 12.4 Å². The fourth-order valence-corrected chi connectivity index (χ4v) is 5.77. The predicted octanol–water partition coefficient (Wildman–Crippen LogP) is 9.17. The van der Waals surface area contributed by atoms with E-state index in [2.05, 4.69) is 37.1 Å². The van der Waals surface area contributed by atoms with Gasteiger partial charge in [0.1, 0.15) is 5.75 Å². The fraction of sp³-hybridized carbons (Fsp3) is 0.639. The Labute approximate surface area is 268 Å². The third-order valence-electron chi connectivity index (χ3n) is 8.45. The van der Waals surface area contributed by atoms with Gasteiger partial charge in [-0.15, -0.1) is 12.4 Å². The van der Waals surface area contributed by atoms with E-state index < -0.39 is 5.41 Å². The van der Waals surface area contributed by atoms with Crippen molar-refractivity contribution < 1.29 is 18.9 Å². The molecule has 0 spiro atoms. The minimum Gasteiger partial charge on any atom is -0.497 e. The van der Waals surface area contributed by atoms with Crippen LogP contribution < -0.4 is 18.9 Å². The normalized spacial score (nSPS) is 12.2. The Kier molecular flexibility index (Phi) is 19.6. The van der Waals surface area contributed by atoms with Crippen molar-refractivity contribution in [2.24, 2.45) is 0 Å². The zero-order valence-corrected chi connectivity index (χ0v) is 28.5. The highest BCUT2D eigenvalue weighted by Gasteiger charge is 2.34. The monoisotopic (exact) mass is 616 g/mol. The van der Waals surface area contributed by atoms with Crippen LogP contribution in [0.15, 0.2) is 36.4 Å². The molecule has 0 heterocycles. The molecular formula is C36H57ClN2O4. The van der Waals surface area contributed by atoms with E-state index in [1.54, 1.807) is 28.4 Å². The van der Waals surface area contributed by atoms with Crippen molar-refractivity contribution in [2.45, 2.75) is 102 Å². The molecule has 6 nitrogen and oxygen atoms in total. The number of nitrogens with zero attached hydrogens (tertiary/aromatic N) is 2. The van der Waals surface area contributed by atoms with Gasteiger partial charge in [0.25, 0.3) is 0 Å². The molecular weight excluding hydrogens is 560 g/mol. The molecule has 0 aliphatic carbocycles. The molecule has 43 heavy (non-hydrogen) atoms. The zero-order chi connectivity index (χ0) is 30.6. The van der Waals surface area contributed by atoms with Crippen LogP contribution in [0.25, 0.3) is 0 Å². The molecule has 2 rings (SSSR count). The Bertz CT molecular complexity index is 1050. The summed E-state index contributed by atoms with van der Waals surface area (Å²) in [6.07, 6.45) is 16.3. The summed E-state index contributed by atoms with van der Waals surface area (Å²) in [4.78, 5) is 2.36. The molecule has 0 saturated heterocycles. The number of hydrogen-bond donors (Lipinski definition) is 0. The van der Waals surface area contributed by atoms with Gasteiger partial charge in [0.2, 0.25) is 5.75 Å². The van der Waals surface area contributed by atoms with Crippen LogP contribution in [0, 0.1) is 11.3 Å². The topological polar surface area (TPSA) is 64.0 Å². The average molecular weight is 617 g/mol. The molecule has 0 saturated carbocycles. The first-order valence-electron chi connectivity index (χ1n) is 16.0. The van der Waals surface area contributed by atoms with E-state index in [-0.39, 0.29) is 12.4 Å². The molecule has 0 aliphatic heterocycles. The van der Waals surface area contributed by atoms with Gasteiger partial charge in [-0.3, -0.25) is 0 Å². The lowest BCUT2D eigenvalue weighted by Gasteiger charge is -2.30. The van der Waals surface area contributed by atoms with Gasteiger partial charge in [0, 0.05) is 6.54 Å². The van der Waals surface area contributed by atoms with Crippen molar-refractivity contribution in [2.75, 3.05) is 48.6 Å². The number of halogens is 1. The first-order chi connectivity index (χ1) is 20.5. The highest BCUT2D eigenvalue weighted by atomic mass is 35.5. The number of hydrogen-bond acceptors (Lipinski definition) is 6. The number of nitriles is 1. The lowest BCUT2D eigenvalue weighted by molar-refractivity contribution is 0.306. The summed E-state index contributed by atoms with van der Waals surface area (Å²) in [6, 6.07) is 15.0. The summed E-state index contributed by atoms with van der Waals surface area (Å²) in [7, 11) is 8.75. The van der Waals surface area contributed by atoms with Crippen molar-refractivity contribution >= 4 is 12.4 Å². The van der Waals surface area contributed by atoms with Gasteiger partial charge in [0.15, 0.2) is 11.5 Å². The van der Waals surface area contributed by atoms with Gasteiger partial charge < -0.3 is 23.8 Å². The molecule has 2 aromatic carbocycles. The standard InChI is InChI=1S/C36H56N2O4.ClH/c1-7-8-9-10-11-12-13-14-15-16-22-36(29-37,31-27-33(40-4)35(42-6)34(28-31)41-5)23-18-24-38(2)25-21-30-19-17-20-32(26-30)39-3;/h17,19-20,26-28H,7-16,18,21-25H2,1-6H3;1H/t36-;/m1./s1. The van der Waals surface area contributed by atoms with E-state index in [1.165, 1.54) is 56.9 Å². The van der Waals surface area contributed by atoms with Crippen molar-refractivity contribution in [1.82, 2.24) is 4.90 Å². The average Bonchev–Trinajstić information content (AvgIpc) is 3.03. The largest absolute Gasteiger partial charge is 0.497 e. The van der Waals surface area contributed by atoms with Crippen LogP contribution in [-0.4, -0.2) is 53.5 Å². The number of likely N-dealkylation sites (N-methyl/N-ethyl adjacent to an activating group) is 1. The van der Waals surface area contributed by atoms with Gasteiger partial charge >= 0.3 is 0 Å². The summed E-state index contributed by atoms with van der Waals surface area (Å²) in [5, 5.41) is 10.7. The van der Waals surface area contributed by atoms with Crippen LogP contribution in [0.3, 0.4) is 0 Å². The van der Waals surface area contributed by atoms with Crippen molar-refractivity contribution in [3.05, 3.63) is 47.5 Å². The van der Waals surface area contributed by atoms with Gasteiger partial charge in [-0.1, -0.05) is 83.3 Å². The van der Waals surface area contributed by atoms with Crippen LogP contribution in [-0.2, 0) is 11.8 Å². The lowest BCUT2D eigenvalue weighted by atomic mass is 9.73. The second-order valence-electron chi connectivity index (χ2n) is 11.5. The summed E-state index contributed by atoms with van der Waals surface area (Å²) < 4.78 is 22.3. The molecule has 0 fully saturated rings. The van der Waals surface area contributed by atoms with Gasteiger partial charge in [-0.25, -0.2) is 0 Å². The molecule has 0 unspecified atom stereocenters. The van der Waals surface area contributed by atoms with Crippen molar-refractivity contribution in [3.8, 4) is 29.1 Å².